The highest BCUT2D eigenvalue weighted by Crippen LogP contribution is 2.38. The van der Waals surface area contributed by atoms with E-state index in [0.717, 1.165) is 44.5 Å². The smallest absolute Gasteiger partial charge is 0.0836 e. The van der Waals surface area contributed by atoms with Crippen LogP contribution in [-0.4, -0.2) is 10.2 Å². The van der Waals surface area contributed by atoms with Crippen LogP contribution in [0, 0.1) is 0 Å². The number of aliphatic hydroxyl groups is 2. The van der Waals surface area contributed by atoms with Crippen molar-refractivity contribution in [1.29, 1.82) is 0 Å². The van der Waals surface area contributed by atoms with Crippen LogP contribution in [0.15, 0.2) is 97.1 Å². The maximum Gasteiger partial charge on any atom is 0.0836 e. The van der Waals surface area contributed by atoms with Crippen LogP contribution in [0.1, 0.15) is 34.5 Å². The minimum Gasteiger partial charge on any atom is -0.388 e. The molecule has 0 saturated heterocycles. The minimum absolute atomic E-state index is 0.514. The standard InChI is InChI=1S/C28H24O2/c29-27-17-19-9-1-3-11-21(19)23-13-5-7-15-25(23)28(30)18-20-10-2-4-12-22(20)24-14-6-8-16-26(24)27/h1-16,27-30H,17-18H2/t27-,28+. The highest BCUT2D eigenvalue weighted by Gasteiger charge is 2.22. The van der Waals surface area contributed by atoms with Gasteiger partial charge in [0.15, 0.2) is 0 Å². The predicted molar refractivity (Wildman–Crippen MR) is 121 cm³/mol. The van der Waals surface area contributed by atoms with Crippen LogP contribution in [0.5, 0.6) is 0 Å². The van der Waals surface area contributed by atoms with Crippen molar-refractivity contribution in [3.63, 3.8) is 0 Å². The van der Waals surface area contributed by atoms with E-state index in [1.807, 2.05) is 60.7 Å². The molecule has 0 spiro atoms. The van der Waals surface area contributed by atoms with Gasteiger partial charge in [-0.1, -0.05) is 97.1 Å². The quantitative estimate of drug-likeness (QED) is 0.392. The summed E-state index contributed by atoms with van der Waals surface area (Å²) in [6.45, 7) is 0. The Balaban J connectivity index is 1.77. The van der Waals surface area contributed by atoms with Crippen molar-refractivity contribution in [2.45, 2.75) is 25.0 Å². The summed E-state index contributed by atoms with van der Waals surface area (Å²) in [5.74, 6) is 0. The van der Waals surface area contributed by atoms with E-state index in [2.05, 4.69) is 36.4 Å². The lowest BCUT2D eigenvalue weighted by Crippen LogP contribution is -2.10. The Morgan fingerprint density at radius 1 is 0.433 bits per heavy atom. The number of fused-ring (bicyclic) bond motifs is 6. The Hall–Kier alpha value is -3.20. The van der Waals surface area contributed by atoms with Crippen molar-refractivity contribution in [2.24, 2.45) is 0 Å². The molecule has 0 heterocycles. The summed E-state index contributed by atoms with van der Waals surface area (Å²) in [5, 5.41) is 22.5. The first-order chi connectivity index (χ1) is 14.7. The molecule has 4 aromatic carbocycles. The third-order valence-corrected chi connectivity index (χ3v) is 6.08. The van der Waals surface area contributed by atoms with Gasteiger partial charge in [0.1, 0.15) is 0 Å². The van der Waals surface area contributed by atoms with Crippen LogP contribution >= 0.6 is 0 Å². The van der Waals surface area contributed by atoms with E-state index in [1.54, 1.807) is 0 Å². The molecule has 30 heavy (non-hydrogen) atoms. The molecule has 0 aliphatic heterocycles. The topological polar surface area (TPSA) is 40.5 Å². The Bertz CT molecular complexity index is 1100. The molecule has 0 saturated carbocycles. The second kappa shape index (κ2) is 7.91. The van der Waals surface area contributed by atoms with Gasteiger partial charge in [0, 0.05) is 12.8 Å². The first-order valence-electron chi connectivity index (χ1n) is 10.4. The fourth-order valence-corrected chi connectivity index (χ4v) is 4.62. The highest BCUT2D eigenvalue weighted by atomic mass is 16.3. The molecule has 148 valence electrons. The number of hydrogen-bond donors (Lipinski definition) is 2. The van der Waals surface area contributed by atoms with Gasteiger partial charge in [-0.25, -0.2) is 0 Å². The largest absolute Gasteiger partial charge is 0.388 e. The third kappa shape index (κ3) is 3.35. The maximum atomic E-state index is 11.3. The zero-order chi connectivity index (χ0) is 20.5. The number of hydrogen-bond acceptors (Lipinski definition) is 2. The van der Waals surface area contributed by atoms with Gasteiger partial charge in [-0.05, 0) is 44.5 Å². The molecular formula is C28H24O2. The third-order valence-electron chi connectivity index (χ3n) is 6.08. The molecule has 2 heteroatoms. The van der Waals surface area contributed by atoms with Crippen LogP contribution in [0.4, 0.5) is 0 Å². The average Bonchev–Trinajstić information content (AvgIpc) is 2.79. The molecule has 0 bridgehead atoms. The zero-order valence-electron chi connectivity index (χ0n) is 16.7. The molecule has 4 aromatic rings. The summed E-state index contributed by atoms with van der Waals surface area (Å²) in [4.78, 5) is 0. The Morgan fingerprint density at radius 3 is 1.20 bits per heavy atom. The van der Waals surface area contributed by atoms with Crippen molar-refractivity contribution in [3.05, 3.63) is 119 Å². The molecule has 0 amide bonds. The summed E-state index contributed by atoms with van der Waals surface area (Å²) in [5.41, 5.74) is 8.18. The van der Waals surface area contributed by atoms with Crippen molar-refractivity contribution < 1.29 is 10.2 Å². The van der Waals surface area contributed by atoms with Gasteiger partial charge < -0.3 is 10.2 Å². The van der Waals surface area contributed by atoms with Crippen molar-refractivity contribution in [1.82, 2.24) is 0 Å². The van der Waals surface area contributed by atoms with Crippen LogP contribution < -0.4 is 0 Å². The molecule has 2 N–H and O–H groups in total. The van der Waals surface area contributed by atoms with E-state index in [0.29, 0.717) is 12.8 Å². The van der Waals surface area contributed by atoms with Gasteiger partial charge in [0.2, 0.25) is 0 Å². The first-order valence-corrected chi connectivity index (χ1v) is 10.4. The van der Waals surface area contributed by atoms with Gasteiger partial charge >= 0.3 is 0 Å². The van der Waals surface area contributed by atoms with E-state index in [9.17, 15) is 10.2 Å². The lowest BCUT2D eigenvalue weighted by Gasteiger charge is -2.23. The summed E-state index contributed by atoms with van der Waals surface area (Å²) in [6, 6.07) is 32.5. The highest BCUT2D eigenvalue weighted by molar-refractivity contribution is 5.74. The molecule has 5 rings (SSSR count). The van der Waals surface area contributed by atoms with Gasteiger partial charge in [-0.2, -0.15) is 0 Å². The number of aliphatic hydroxyl groups excluding tert-OH is 2. The van der Waals surface area contributed by atoms with E-state index in [1.165, 1.54) is 0 Å². The van der Waals surface area contributed by atoms with Crippen LogP contribution in [0.25, 0.3) is 22.3 Å². The van der Waals surface area contributed by atoms with E-state index in [-0.39, 0.29) is 0 Å². The number of rotatable bonds is 0. The second-order valence-electron chi connectivity index (χ2n) is 7.93. The molecule has 0 aromatic heterocycles. The first kappa shape index (κ1) is 18.8. The van der Waals surface area contributed by atoms with Crippen LogP contribution in [0.3, 0.4) is 0 Å². The monoisotopic (exact) mass is 392 g/mol. The van der Waals surface area contributed by atoms with E-state index >= 15 is 0 Å². The summed E-state index contributed by atoms with van der Waals surface area (Å²) >= 11 is 0. The second-order valence-corrected chi connectivity index (χ2v) is 7.93. The van der Waals surface area contributed by atoms with Gasteiger partial charge in [-0.15, -0.1) is 0 Å². The molecular weight excluding hydrogens is 368 g/mol. The van der Waals surface area contributed by atoms with Gasteiger partial charge in [0.25, 0.3) is 0 Å². The normalized spacial score (nSPS) is 18.1. The molecule has 2 nitrogen and oxygen atoms in total. The van der Waals surface area contributed by atoms with Crippen molar-refractivity contribution in [3.8, 4) is 22.3 Å². The minimum atomic E-state index is -0.619. The predicted octanol–water partition coefficient (Wildman–Crippen LogP) is 5.89. The van der Waals surface area contributed by atoms with E-state index < -0.39 is 12.2 Å². The summed E-state index contributed by atoms with van der Waals surface area (Å²) in [6.07, 6.45) is -0.210. The fraction of sp³-hybridized carbons (Fsp3) is 0.143. The molecule has 1 aliphatic rings. The molecule has 0 unspecified atom stereocenters. The van der Waals surface area contributed by atoms with Crippen molar-refractivity contribution >= 4 is 0 Å². The lowest BCUT2D eigenvalue weighted by atomic mass is 9.84. The Labute approximate surface area is 177 Å². The molecule has 0 fully saturated rings. The maximum absolute atomic E-state index is 11.3. The fourth-order valence-electron chi connectivity index (χ4n) is 4.62. The SMILES string of the molecule is O[C@@H]1Cc2ccccc2-c2ccccc2[C@@H](O)Cc2ccccc2-c2ccccc21. The summed E-state index contributed by atoms with van der Waals surface area (Å²) in [7, 11) is 0. The summed E-state index contributed by atoms with van der Waals surface area (Å²) < 4.78 is 0. The Kier molecular flexibility index (Phi) is 4.96. The number of benzene rings is 4. The zero-order valence-corrected chi connectivity index (χ0v) is 16.7. The lowest BCUT2D eigenvalue weighted by molar-refractivity contribution is 0.177. The molecule has 0 radical (unpaired) electrons. The Morgan fingerprint density at radius 2 is 0.767 bits per heavy atom. The van der Waals surface area contributed by atoms with E-state index in [4.69, 9.17) is 0 Å². The van der Waals surface area contributed by atoms with Crippen LogP contribution in [-0.2, 0) is 12.8 Å². The van der Waals surface area contributed by atoms with Gasteiger partial charge in [0.05, 0.1) is 12.2 Å². The molecule has 1 aliphatic carbocycles. The van der Waals surface area contributed by atoms with Crippen LogP contribution in [0.2, 0.25) is 0 Å². The van der Waals surface area contributed by atoms with Crippen molar-refractivity contribution in [2.75, 3.05) is 0 Å². The average molecular weight is 392 g/mol. The molecule has 2 atom stereocenters. The van der Waals surface area contributed by atoms with Gasteiger partial charge in [-0.3, -0.25) is 0 Å².